The van der Waals surface area contributed by atoms with Crippen LogP contribution in [0, 0.1) is 0 Å². The summed E-state index contributed by atoms with van der Waals surface area (Å²) in [6, 6.07) is 0.317. The number of rotatable bonds is 2. The van der Waals surface area contributed by atoms with Gasteiger partial charge in [-0.25, -0.2) is 0 Å². The summed E-state index contributed by atoms with van der Waals surface area (Å²) in [6.07, 6.45) is 0. The average molecular weight is 207 g/mol. The van der Waals surface area contributed by atoms with Gasteiger partial charge in [0.15, 0.2) is 11.7 Å². The third kappa shape index (κ3) is 7.59. The number of hydrogen-bond acceptors (Lipinski definition) is 2. The lowest BCUT2D eigenvalue weighted by Gasteiger charge is -2.03. The monoisotopic (exact) mass is 206 g/mol. The fourth-order valence-electron chi connectivity index (χ4n) is 0.689. The first-order chi connectivity index (χ1) is 5.43. The quantitative estimate of drug-likeness (QED) is 0.521. The SMILES string of the molecule is CC(C)N=C(N)C(N)=NC(C)C.Cl. The first-order valence-corrected chi connectivity index (χ1v) is 4.10. The fourth-order valence-corrected chi connectivity index (χ4v) is 0.689. The lowest BCUT2D eigenvalue weighted by molar-refractivity contribution is 0.826. The van der Waals surface area contributed by atoms with Crippen LogP contribution in [-0.2, 0) is 0 Å². The third-order valence-corrected chi connectivity index (χ3v) is 1.06. The Balaban J connectivity index is 0. The van der Waals surface area contributed by atoms with Crippen LogP contribution in [0.5, 0.6) is 0 Å². The molecule has 0 heterocycles. The van der Waals surface area contributed by atoms with E-state index < -0.39 is 0 Å². The number of aliphatic imine (C=N–C) groups is 2. The van der Waals surface area contributed by atoms with Crippen LogP contribution in [0.3, 0.4) is 0 Å². The molecule has 0 aromatic heterocycles. The molecule has 0 rings (SSSR count). The summed E-state index contributed by atoms with van der Waals surface area (Å²) in [4.78, 5) is 8.14. The van der Waals surface area contributed by atoms with Crippen molar-refractivity contribution in [2.24, 2.45) is 21.5 Å². The van der Waals surface area contributed by atoms with Crippen LogP contribution in [0.4, 0.5) is 0 Å². The van der Waals surface area contributed by atoms with Crippen molar-refractivity contribution in [2.75, 3.05) is 0 Å². The molecule has 0 aliphatic heterocycles. The molecule has 0 spiro atoms. The highest BCUT2D eigenvalue weighted by Crippen LogP contribution is 1.89. The van der Waals surface area contributed by atoms with Gasteiger partial charge in [-0.05, 0) is 27.7 Å². The van der Waals surface area contributed by atoms with Crippen molar-refractivity contribution >= 4 is 24.1 Å². The van der Waals surface area contributed by atoms with Gasteiger partial charge < -0.3 is 11.5 Å². The van der Waals surface area contributed by atoms with Gasteiger partial charge in [0.1, 0.15) is 0 Å². The highest BCUT2D eigenvalue weighted by Gasteiger charge is 2.00. The second-order valence-corrected chi connectivity index (χ2v) is 3.22. The van der Waals surface area contributed by atoms with Gasteiger partial charge in [0.25, 0.3) is 0 Å². The smallest absolute Gasteiger partial charge is 0.161 e. The van der Waals surface area contributed by atoms with Crippen LogP contribution in [0.15, 0.2) is 9.98 Å². The van der Waals surface area contributed by atoms with Crippen molar-refractivity contribution in [1.82, 2.24) is 0 Å². The zero-order valence-corrected chi connectivity index (χ0v) is 9.43. The van der Waals surface area contributed by atoms with Gasteiger partial charge in [-0.1, -0.05) is 0 Å². The number of hydrogen-bond donors (Lipinski definition) is 2. The Kier molecular flexibility index (Phi) is 7.61. The standard InChI is InChI=1S/C8H18N4.ClH/c1-5(2)11-7(9)8(10)12-6(3)4;/h5-6H,1-4H3,(H2,9,11)(H2,10,12);1H. The number of amidine groups is 2. The molecule has 4 nitrogen and oxygen atoms in total. The molecule has 0 radical (unpaired) electrons. The van der Waals surface area contributed by atoms with E-state index in [9.17, 15) is 0 Å². The minimum Gasteiger partial charge on any atom is -0.381 e. The predicted molar refractivity (Wildman–Crippen MR) is 60.8 cm³/mol. The Hall–Kier alpha value is -0.770. The maximum Gasteiger partial charge on any atom is 0.161 e. The minimum absolute atomic E-state index is 0. The highest BCUT2D eigenvalue weighted by molar-refractivity contribution is 6.39. The van der Waals surface area contributed by atoms with Crippen LogP contribution in [0.1, 0.15) is 27.7 Å². The Bertz CT molecular complexity index is 174. The molecule has 0 aliphatic rings. The maximum absolute atomic E-state index is 5.56. The first kappa shape index (κ1) is 14.7. The number of halogens is 1. The fraction of sp³-hybridized carbons (Fsp3) is 0.750. The van der Waals surface area contributed by atoms with E-state index in [-0.39, 0.29) is 24.5 Å². The molecule has 0 amide bonds. The van der Waals surface area contributed by atoms with E-state index in [1.165, 1.54) is 0 Å². The molecule has 0 atom stereocenters. The molecule has 5 heteroatoms. The zero-order valence-electron chi connectivity index (χ0n) is 8.61. The van der Waals surface area contributed by atoms with E-state index in [1.807, 2.05) is 27.7 Å². The Morgan fingerprint density at radius 2 is 1.08 bits per heavy atom. The third-order valence-electron chi connectivity index (χ3n) is 1.06. The minimum atomic E-state index is 0. The van der Waals surface area contributed by atoms with E-state index in [2.05, 4.69) is 9.98 Å². The molecule has 78 valence electrons. The van der Waals surface area contributed by atoms with Gasteiger partial charge in [0.05, 0.1) is 0 Å². The van der Waals surface area contributed by atoms with Crippen LogP contribution < -0.4 is 11.5 Å². The normalized spacial score (nSPS) is 13.4. The van der Waals surface area contributed by atoms with Crippen molar-refractivity contribution in [3.8, 4) is 0 Å². The molecular formula is C8H19ClN4. The van der Waals surface area contributed by atoms with E-state index >= 15 is 0 Å². The first-order valence-electron chi connectivity index (χ1n) is 4.10. The second kappa shape index (κ2) is 6.71. The summed E-state index contributed by atoms with van der Waals surface area (Å²) in [6.45, 7) is 7.76. The number of nitrogens with two attached hydrogens (primary N) is 2. The Morgan fingerprint density at radius 3 is 1.23 bits per heavy atom. The van der Waals surface area contributed by atoms with Crippen LogP contribution >= 0.6 is 12.4 Å². The van der Waals surface area contributed by atoms with Crippen molar-refractivity contribution in [2.45, 2.75) is 39.8 Å². The predicted octanol–water partition coefficient (Wildman–Crippen LogP) is 0.939. The van der Waals surface area contributed by atoms with Gasteiger partial charge in [0, 0.05) is 12.1 Å². The summed E-state index contributed by atoms with van der Waals surface area (Å²) < 4.78 is 0. The molecule has 0 saturated heterocycles. The summed E-state index contributed by atoms with van der Waals surface area (Å²) in [7, 11) is 0. The Labute approximate surface area is 85.9 Å². The Morgan fingerprint density at radius 1 is 0.846 bits per heavy atom. The van der Waals surface area contributed by atoms with Crippen molar-refractivity contribution < 1.29 is 0 Å². The zero-order chi connectivity index (χ0) is 9.72. The highest BCUT2D eigenvalue weighted by atomic mass is 35.5. The molecule has 0 aromatic carbocycles. The van der Waals surface area contributed by atoms with E-state index in [4.69, 9.17) is 11.5 Å². The van der Waals surface area contributed by atoms with Crippen LogP contribution in [0.2, 0.25) is 0 Å². The molecule has 0 unspecified atom stereocenters. The summed E-state index contributed by atoms with van der Waals surface area (Å²) in [5.74, 6) is 0.664. The molecule has 4 N–H and O–H groups in total. The summed E-state index contributed by atoms with van der Waals surface area (Å²) >= 11 is 0. The van der Waals surface area contributed by atoms with Crippen molar-refractivity contribution in [3.05, 3.63) is 0 Å². The maximum atomic E-state index is 5.56. The number of nitrogens with zero attached hydrogens (tertiary/aromatic N) is 2. The van der Waals surface area contributed by atoms with Gasteiger partial charge in [-0.15, -0.1) is 12.4 Å². The van der Waals surface area contributed by atoms with Crippen molar-refractivity contribution in [3.63, 3.8) is 0 Å². The largest absolute Gasteiger partial charge is 0.381 e. The molecule has 13 heavy (non-hydrogen) atoms. The molecule has 0 saturated carbocycles. The van der Waals surface area contributed by atoms with Crippen LogP contribution in [-0.4, -0.2) is 23.8 Å². The van der Waals surface area contributed by atoms with Gasteiger partial charge >= 0.3 is 0 Å². The molecule has 0 bridgehead atoms. The average Bonchev–Trinajstić information content (AvgIpc) is 1.84. The van der Waals surface area contributed by atoms with E-state index in [1.54, 1.807) is 0 Å². The lowest BCUT2D eigenvalue weighted by atomic mass is 10.4. The van der Waals surface area contributed by atoms with Crippen molar-refractivity contribution in [1.29, 1.82) is 0 Å². The van der Waals surface area contributed by atoms with Gasteiger partial charge in [-0.2, -0.15) is 0 Å². The van der Waals surface area contributed by atoms with Crippen LogP contribution in [0.25, 0.3) is 0 Å². The van der Waals surface area contributed by atoms with E-state index in [0.717, 1.165) is 0 Å². The molecule has 0 aliphatic carbocycles. The lowest BCUT2D eigenvalue weighted by Crippen LogP contribution is -2.33. The summed E-state index contributed by atoms with van der Waals surface area (Å²) in [5, 5.41) is 0. The van der Waals surface area contributed by atoms with Gasteiger partial charge in [-0.3, -0.25) is 9.98 Å². The van der Waals surface area contributed by atoms with E-state index in [0.29, 0.717) is 11.7 Å². The molecular weight excluding hydrogens is 188 g/mol. The topological polar surface area (TPSA) is 76.8 Å². The molecule has 0 aromatic rings. The summed E-state index contributed by atoms with van der Waals surface area (Å²) in [5.41, 5.74) is 11.1. The second-order valence-electron chi connectivity index (χ2n) is 3.22. The van der Waals surface area contributed by atoms with Gasteiger partial charge in [0.2, 0.25) is 0 Å². The molecule has 0 fully saturated rings.